The topological polar surface area (TPSA) is 45.0 Å². The Balaban J connectivity index is 2.44. The number of methoxy groups -OCH3 is 1. The molecule has 0 aliphatic rings. The smallest absolute Gasteiger partial charge is 0.122 e. The lowest BCUT2D eigenvalue weighted by Gasteiger charge is -2.11. The highest BCUT2D eigenvalue weighted by molar-refractivity contribution is 9.10. The van der Waals surface area contributed by atoms with Gasteiger partial charge in [-0.15, -0.1) is 0 Å². The fraction of sp³-hybridized carbons (Fsp3) is 0.500. The summed E-state index contributed by atoms with van der Waals surface area (Å²) >= 11 is 3.46. The van der Waals surface area contributed by atoms with E-state index < -0.39 is 0 Å². The lowest BCUT2D eigenvalue weighted by molar-refractivity contribution is 0.408. The van der Waals surface area contributed by atoms with Gasteiger partial charge in [0.15, 0.2) is 0 Å². The SMILES string of the molecule is CCC(C#N)CNCCc1cc(Br)ccc1OC. The van der Waals surface area contributed by atoms with Gasteiger partial charge in [-0.25, -0.2) is 0 Å². The molecule has 0 aromatic heterocycles. The molecule has 1 atom stereocenters. The number of halogens is 1. The fourth-order valence-electron chi connectivity index (χ4n) is 1.72. The molecule has 1 aromatic carbocycles. The van der Waals surface area contributed by atoms with Gasteiger partial charge in [-0.2, -0.15) is 5.26 Å². The van der Waals surface area contributed by atoms with Crippen molar-refractivity contribution in [3.63, 3.8) is 0 Å². The molecule has 3 nitrogen and oxygen atoms in total. The number of benzene rings is 1. The van der Waals surface area contributed by atoms with Crippen LogP contribution in [0.1, 0.15) is 18.9 Å². The third kappa shape index (κ3) is 4.67. The van der Waals surface area contributed by atoms with Crippen LogP contribution in [-0.2, 0) is 6.42 Å². The van der Waals surface area contributed by atoms with Gasteiger partial charge in [-0.1, -0.05) is 22.9 Å². The van der Waals surface area contributed by atoms with E-state index in [4.69, 9.17) is 10.00 Å². The lowest BCUT2D eigenvalue weighted by atomic mass is 10.1. The zero-order valence-electron chi connectivity index (χ0n) is 10.9. The summed E-state index contributed by atoms with van der Waals surface area (Å²) in [7, 11) is 1.68. The Morgan fingerprint density at radius 1 is 1.50 bits per heavy atom. The largest absolute Gasteiger partial charge is 0.496 e. The van der Waals surface area contributed by atoms with Crippen LogP contribution in [0.25, 0.3) is 0 Å². The van der Waals surface area contributed by atoms with Gasteiger partial charge >= 0.3 is 0 Å². The summed E-state index contributed by atoms with van der Waals surface area (Å²) in [6.07, 6.45) is 1.79. The third-order valence-corrected chi connectivity index (χ3v) is 3.37. The molecule has 1 unspecified atom stereocenters. The molecule has 1 aromatic rings. The first-order chi connectivity index (χ1) is 8.71. The molecule has 0 aliphatic heterocycles. The van der Waals surface area contributed by atoms with Crippen molar-refractivity contribution in [2.75, 3.05) is 20.2 Å². The van der Waals surface area contributed by atoms with Gasteiger partial charge in [-0.3, -0.25) is 0 Å². The van der Waals surface area contributed by atoms with Crippen molar-refractivity contribution in [2.45, 2.75) is 19.8 Å². The summed E-state index contributed by atoms with van der Waals surface area (Å²) in [6.45, 7) is 3.64. The molecule has 98 valence electrons. The van der Waals surface area contributed by atoms with E-state index in [1.807, 2.05) is 19.1 Å². The van der Waals surface area contributed by atoms with Crippen LogP contribution < -0.4 is 10.1 Å². The summed E-state index contributed by atoms with van der Waals surface area (Å²) in [5.41, 5.74) is 1.17. The number of nitrogens with one attached hydrogen (secondary N) is 1. The molecular weight excluding hydrogens is 292 g/mol. The Labute approximate surface area is 117 Å². The Bertz CT molecular complexity index is 415. The molecule has 0 saturated carbocycles. The number of nitrogens with zero attached hydrogens (tertiary/aromatic N) is 1. The molecule has 0 radical (unpaired) electrons. The van der Waals surface area contributed by atoms with Gasteiger partial charge in [0.2, 0.25) is 0 Å². The molecule has 0 aliphatic carbocycles. The second-order valence-electron chi connectivity index (χ2n) is 4.14. The molecule has 0 heterocycles. The highest BCUT2D eigenvalue weighted by Gasteiger charge is 2.05. The first-order valence-electron chi connectivity index (χ1n) is 6.14. The van der Waals surface area contributed by atoms with Crippen LogP contribution in [0.2, 0.25) is 0 Å². The van der Waals surface area contributed by atoms with Crippen molar-refractivity contribution < 1.29 is 4.74 Å². The van der Waals surface area contributed by atoms with E-state index in [9.17, 15) is 0 Å². The quantitative estimate of drug-likeness (QED) is 0.787. The highest BCUT2D eigenvalue weighted by Crippen LogP contribution is 2.23. The van der Waals surface area contributed by atoms with E-state index in [0.717, 1.165) is 36.2 Å². The minimum absolute atomic E-state index is 0.106. The lowest BCUT2D eigenvalue weighted by Crippen LogP contribution is -2.24. The summed E-state index contributed by atoms with van der Waals surface area (Å²) < 4.78 is 6.38. The van der Waals surface area contributed by atoms with Crippen molar-refractivity contribution in [1.82, 2.24) is 5.32 Å². The number of nitriles is 1. The van der Waals surface area contributed by atoms with E-state index in [1.165, 1.54) is 5.56 Å². The average Bonchev–Trinajstić information content (AvgIpc) is 2.39. The third-order valence-electron chi connectivity index (χ3n) is 2.88. The maximum absolute atomic E-state index is 8.84. The number of hydrogen-bond acceptors (Lipinski definition) is 3. The normalized spacial score (nSPS) is 11.9. The Morgan fingerprint density at radius 2 is 2.28 bits per heavy atom. The second-order valence-corrected chi connectivity index (χ2v) is 5.06. The van der Waals surface area contributed by atoms with Crippen LogP contribution in [0.5, 0.6) is 5.75 Å². The molecule has 1 N–H and O–H groups in total. The molecule has 1 rings (SSSR count). The van der Waals surface area contributed by atoms with Crippen LogP contribution >= 0.6 is 15.9 Å². The predicted molar refractivity (Wildman–Crippen MR) is 76.7 cm³/mol. The van der Waals surface area contributed by atoms with Gasteiger partial charge in [0.1, 0.15) is 5.75 Å². The van der Waals surface area contributed by atoms with Crippen molar-refractivity contribution in [3.8, 4) is 11.8 Å². The van der Waals surface area contributed by atoms with Crippen molar-refractivity contribution >= 4 is 15.9 Å². The first-order valence-corrected chi connectivity index (χ1v) is 6.93. The standard InChI is InChI=1S/C14H19BrN2O/c1-3-11(9-16)10-17-7-6-12-8-13(15)4-5-14(12)18-2/h4-5,8,11,17H,3,6-7,10H2,1-2H3. The maximum Gasteiger partial charge on any atom is 0.122 e. The summed E-state index contributed by atoms with van der Waals surface area (Å²) in [5.74, 6) is 1.02. The Morgan fingerprint density at radius 3 is 2.89 bits per heavy atom. The Kier molecular flexibility index (Phi) is 6.77. The predicted octanol–water partition coefficient (Wildman–Crippen LogP) is 3.14. The molecule has 0 bridgehead atoms. The average molecular weight is 311 g/mol. The van der Waals surface area contributed by atoms with Crippen molar-refractivity contribution in [3.05, 3.63) is 28.2 Å². The first kappa shape index (κ1) is 15.0. The second kappa shape index (κ2) is 8.12. The van der Waals surface area contributed by atoms with E-state index in [2.05, 4.69) is 33.4 Å². The molecule has 0 spiro atoms. The van der Waals surface area contributed by atoms with E-state index >= 15 is 0 Å². The monoisotopic (exact) mass is 310 g/mol. The maximum atomic E-state index is 8.84. The Hall–Kier alpha value is -1.05. The van der Waals surface area contributed by atoms with Gasteiger partial charge in [0.05, 0.1) is 19.1 Å². The van der Waals surface area contributed by atoms with Crippen molar-refractivity contribution in [1.29, 1.82) is 5.26 Å². The zero-order chi connectivity index (χ0) is 13.4. The van der Waals surface area contributed by atoms with Gasteiger partial charge in [-0.05, 0) is 43.1 Å². The number of ether oxygens (including phenoxy) is 1. The molecule has 4 heteroatoms. The zero-order valence-corrected chi connectivity index (χ0v) is 12.5. The van der Waals surface area contributed by atoms with Crippen LogP contribution in [0.3, 0.4) is 0 Å². The van der Waals surface area contributed by atoms with Crippen LogP contribution in [-0.4, -0.2) is 20.2 Å². The molecule has 0 amide bonds. The fourth-order valence-corrected chi connectivity index (χ4v) is 2.13. The van der Waals surface area contributed by atoms with Crippen LogP contribution in [0, 0.1) is 17.2 Å². The van der Waals surface area contributed by atoms with Gasteiger partial charge in [0, 0.05) is 11.0 Å². The van der Waals surface area contributed by atoms with E-state index in [1.54, 1.807) is 7.11 Å². The van der Waals surface area contributed by atoms with E-state index in [0.29, 0.717) is 0 Å². The highest BCUT2D eigenvalue weighted by atomic mass is 79.9. The minimum atomic E-state index is 0.106. The summed E-state index contributed by atoms with van der Waals surface area (Å²) in [6, 6.07) is 8.29. The summed E-state index contributed by atoms with van der Waals surface area (Å²) in [5, 5.41) is 12.2. The molecule has 18 heavy (non-hydrogen) atoms. The van der Waals surface area contributed by atoms with Crippen LogP contribution in [0.15, 0.2) is 22.7 Å². The van der Waals surface area contributed by atoms with Gasteiger partial charge < -0.3 is 10.1 Å². The van der Waals surface area contributed by atoms with E-state index in [-0.39, 0.29) is 5.92 Å². The van der Waals surface area contributed by atoms with Crippen molar-refractivity contribution in [2.24, 2.45) is 5.92 Å². The molecule has 0 saturated heterocycles. The van der Waals surface area contributed by atoms with Gasteiger partial charge in [0.25, 0.3) is 0 Å². The summed E-state index contributed by atoms with van der Waals surface area (Å²) in [4.78, 5) is 0. The van der Waals surface area contributed by atoms with Crippen LogP contribution in [0.4, 0.5) is 0 Å². The number of rotatable bonds is 7. The molecular formula is C14H19BrN2O. The number of hydrogen-bond donors (Lipinski definition) is 1. The minimum Gasteiger partial charge on any atom is -0.496 e. The molecule has 0 fully saturated rings.